The van der Waals surface area contributed by atoms with Crippen molar-refractivity contribution >= 4 is 11.7 Å². The van der Waals surface area contributed by atoms with Crippen molar-refractivity contribution in [3.63, 3.8) is 0 Å². The molecular weight excluding hydrogens is 278 g/mol. The van der Waals surface area contributed by atoms with Crippen molar-refractivity contribution < 1.29 is 28.0 Å². The fourth-order valence-electron chi connectivity index (χ4n) is 1.57. The number of oxazole rings is 1. The monoisotopic (exact) mass is 284 g/mol. The van der Waals surface area contributed by atoms with E-state index >= 15 is 0 Å². The molecule has 9 heteroatoms. The lowest BCUT2D eigenvalue weighted by atomic mass is 10.1. The van der Waals surface area contributed by atoms with Gasteiger partial charge in [-0.25, -0.2) is 18.6 Å². The van der Waals surface area contributed by atoms with Gasteiger partial charge < -0.3 is 9.52 Å². The van der Waals surface area contributed by atoms with Gasteiger partial charge in [-0.05, 0) is 13.0 Å². The number of carboxylic acid groups (broad SMARTS) is 1. The summed E-state index contributed by atoms with van der Waals surface area (Å²) in [6, 6.07) is 0.912. The number of benzene rings is 1. The second-order valence-corrected chi connectivity index (χ2v) is 3.78. The third kappa shape index (κ3) is 2.20. The molecule has 0 fully saturated rings. The van der Waals surface area contributed by atoms with Crippen LogP contribution in [0.5, 0.6) is 0 Å². The van der Waals surface area contributed by atoms with E-state index in [1.807, 2.05) is 0 Å². The molecule has 2 aromatic rings. The normalized spacial score (nSPS) is 10.6. The molecule has 1 N–H and O–H groups in total. The molecule has 2 rings (SSSR count). The number of carbonyl (C=O) groups is 1. The first kappa shape index (κ1) is 13.6. The Labute approximate surface area is 109 Å². The van der Waals surface area contributed by atoms with Crippen molar-refractivity contribution in [2.45, 2.75) is 6.92 Å². The van der Waals surface area contributed by atoms with Crippen LogP contribution < -0.4 is 0 Å². The highest BCUT2D eigenvalue weighted by Crippen LogP contribution is 2.32. The summed E-state index contributed by atoms with van der Waals surface area (Å²) in [5, 5.41) is 19.6. The van der Waals surface area contributed by atoms with Crippen LogP contribution in [0.25, 0.3) is 11.5 Å². The highest BCUT2D eigenvalue weighted by atomic mass is 19.2. The summed E-state index contributed by atoms with van der Waals surface area (Å²) in [6.07, 6.45) is 0. The van der Waals surface area contributed by atoms with E-state index in [1.54, 1.807) is 0 Å². The Morgan fingerprint density at radius 2 is 2.00 bits per heavy atom. The molecule has 7 nitrogen and oxygen atoms in total. The van der Waals surface area contributed by atoms with Crippen molar-refractivity contribution in [3.05, 3.63) is 45.3 Å². The van der Waals surface area contributed by atoms with Crippen molar-refractivity contribution in [1.82, 2.24) is 4.98 Å². The molecule has 0 unspecified atom stereocenters. The molecule has 1 heterocycles. The molecule has 0 bridgehead atoms. The Hall–Kier alpha value is -2.84. The summed E-state index contributed by atoms with van der Waals surface area (Å²) in [7, 11) is 0. The average Bonchev–Trinajstić information content (AvgIpc) is 2.74. The van der Waals surface area contributed by atoms with Crippen LogP contribution in [0.4, 0.5) is 14.5 Å². The fourth-order valence-corrected chi connectivity index (χ4v) is 1.57. The van der Waals surface area contributed by atoms with Gasteiger partial charge >= 0.3 is 5.97 Å². The molecule has 0 aliphatic heterocycles. The van der Waals surface area contributed by atoms with Crippen LogP contribution in [-0.4, -0.2) is 21.0 Å². The lowest BCUT2D eigenvalue weighted by Gasteiger charge is -2.00. The molecule has 0 radical (unpaired) electrons. The number of aryl methyl sites for hydroxylation is 1. The summed E-state index contributed by atoms with van der Waals surface area (Å²) in [5.74, 6) is -5.16. The van der Waals surface area contributed by atoms with Crippen molar-refractivity contribution in [1.29, 1.82) is 0 Å². The minimum atomic E-state index is -1.42. The highest BCUT2D eigenvalue weighted by molar-refractivity contribution is 5.86. The molecule has 0 aliphatic rings. The Morgan fingerprint density at radius 3 is 2.50 bits per heavy atom. The van der Waals surface area contributed by atoms with E-state index in [4.69, 9.17) is 9.52 Å². The maximum absolute atomic E-state index is 13.2. The van der Waals surface area contributed by atoms with E-state index in [0.29, 0.717) is 12.1 Å². The molecule has 0 saturated heterocycles. The first-order chi connectivity index (χ1) is 9.31. The van der Waals surface area contributed by atoms with Crippen LogP contribution in [0.1, 0.15) is 16.2 Å². The highest BCUT2D eigenvalue weighted by Gasteiger charge is 2.26. The summed E-state index contributed by atoms with van der Waals surface area (Å²) in [4.78, 5) is 24.3. The zero-order chi connectivity index (χ0) is 15.0. The molecule has 0 aliphatic carbocycles. The number of nitro groups is 1. The SMILES string of the molecule is Cc1nc(-c2cc(F)c(F)cc2[N+](=O)[O-])oc1C(=O)O. The van der Waals surface area contributed by atoms with E-state index in [9.17, 15) is 23.7 Å². The van der Waals surface area contributed by atoms with Gasteiger partial charge in [0.2, 0.25) is 11.7 Å². The van der Waals surface area contributed by atoms with Gasteiger partial charge in [0.05, 0.1) is 16.7 Å². The number of nitrogens with zero attached hydrogens (tertiary/aromatic N) is 2. The standard InChI is InChI=1S/C11H6F2N2O5/c1-4-9(11(16)17)20-10(14-4)5-2-6(12)7(13)3-8(5)15(18)19/h2-3H,1H3,(H,16,17). The van der Waals surface area contributed by atoms with Crippen molar-refractivity contribution in [3.8, 4) is 11.5 Å². The Morgan fingerprint density at radius 1 is 1.40 bits per heavy atom. The van der Waals surface area contributed by atoms with Gasteiger partial charge in [0.1, 0.15) is 5.56 Å². The van der Waals surface area contributed by atoms with Gasteiger partial charge in [0.15, 0.2) is 11.6 Å². The van der Waals surface area contributed by atoms with Crippen molar-refractivity contribution in [2.24, 2.45) is 0 Å². The predicted octanol–water partition coefficient (Wildman–Crippen LogP) is 2.53. The van der Waals surface area contributed by atoms with Crippen LogP contribution >= 0.6 is 0 Å². The predicted molar refractivity (Wildman–Crippen MR) is 60.2 cm³/mol. The molecule has 104 valence electrons. The lowest BCUT2D eigenvalue weighted by molar-refractivity contribution is -0.384. The zero-order valence-corrected chi connectivity index (χ0v) is 9.89. The molecule has 0 atom stereocenters. The number of aromatic carboxylic acids is 1. The number of hydrogen-bond donors (Lipinski definition) is 1. The Balaban J connectivity index is 2.68. The number of halogens is 2. The first-order valence-corrected chi connectivity index (χ1v) is 5.15. The third-order valence-corrected chi connectivity index (χ3v) is 2.46. The average molecular weight is 284 g/mol. The van der Waals surface area contributed by atoms with Crippen LogP contribution in [0.3, 0.4) is 0 Å². The maximum Gasteiger partial charge on any atom is 0.373 e. The van der Waals surface area contributed by atoms with Crippen LogP contribution in [-0.2, 0) is 0 Å². The molecule has 0 saturated carbocycles. The molecule has 1 aromatic carbocycles. The van der Waals surface area contributed by atoms with Gasteiger partial charge in [-0.15, -0.1) is 0 Å². The van der Waals surface area contributed by atoms with Crippen molar-refractivity contribution in [2.75, 3.05) is 0 Å². The minimum absolute atomic E-state index is 0.0356. The Kier molecular flexibility index (Phi) is 3.18. The zero-order valence-electron chi connectivity index (χ0n) is 9.89. The number of carboxylic acids is 1. The van der Waals surface area contributed by atoms with E-state index in [2.05, 4.69) is 4.98 Å². The van der Waals surface area contributed by atoms with Gasteiger partial charge in [0.25, 0.3) is 5.69 Å². The quantitative estimate of drug-likeness (QED) is 0.685. The summed E-state index contributed by atoms with van der Waals surface area (Å²) in [5.41, 5.74) is -1.25. The largest absolute Gasteiger partial charge is 0.475 e. The molecule has 20 heavy (non-hydrogen) atoms. The second-order valence-electron chi connectivity index (χ2n) is 3.78. The van der Waals surface area contributed by atoms with Gasteiger partial charge in [0, 0.05) is 0 Å². The smallest absolute Gasteiger partial charge is 0.373 e. The minimum Gasteiger partial charge on any atom is -0.475 e. The number of aromatic nitrogens is 1. The van der Waals surface area contributed by atoms with Gasteiger partial charge in [-0.3, -0.25) is 10.1 Å². The van der Waals surface area contributed by atoms with Gasteiger partial charge in [-0.2, -0.15) is 0 Å². The van der Waals surface area contributed by atoms with Crippen LogP contribution in [0.2, 0.25) is 0 Å². The topological polar surface area (TPSA) is 106 Å². The first-order valence-electron chi connectivity index (χ1n) is 5.15. The number of rotatable bonds is 3. The van der Waals surface area contributed by atoms with E-state index in [-0.39, 0.29) is 5.69 Å². The lowest BCUT2D eigenvalue weighted by Crippen LogP contribution is -1.96. The van der Waals surface area contributed by atoms with Crippen LogP contribution in [0, 0.1) is 28.7 Å². The van der Waals surface area contributed by atoms with Crippen LogP contribution in [0.15, 0.2) is 16.5 Å². The van der Waals surface area contributed by atoms with E-state index < -0.39 is 45.4 Å². The summed E-state index contributed by atoms with van der Waals surface area (Å²) < 4.78 is 31.1. The summed E-state index contributed by atoms with van der Waals surface area (Å²) >= 11 is 0. The fraction of sp³-hybridized carbons (Fsp3) is 0.0909. The van der Waals surface area contributed by atoms with E-state index in [0.717, 1.165) is 0 Å². The number of nitro benzene ring substituents is 1. The third-order valence-electron chi connectivity index (χ3n) is 2.46. The number of hydrogen-bond acceptors (Lipinski definition) is 5. The van der Waals surface area contributed by atoms with E-state index in [1.165, 1.54) is 6.92 Å². The second kappa shape index (κ2) is 4.68. The molecule has 1 aromatic heterocycles. The van der Waals surface area contributed by atoms with Gasteiger partial charge in [-0.1, -0.05) is 0 Å². The molecular formula is C11H6F2N2O5. The maximum atomic E-state index is 13.2. The summed E-state index contributed by atoms with van der Waals surface area (Å²) in [6.45, 7) is 1.31. The molecule has 0 amide bonds. The Bertz CT molecular complexity index is 726. The molecule has 0 spiro atoms.